The summed E-state index contributed by atoms with van der Waals surface area (Å²) in [5.74, 6) is 0. The molecule has 0 radical (unpaired) electrons. The van der Waals surface area contributed by atoms with Crippen molar-refractivity contribution in [3.8, 4) is 0 Å². The first kappa shape index (κ1) is 13.9. The summed E-state index contributed by atoms with van der Waals surface area (Å²) in [6.07, 6.45) is 2.15. The molecule has 0 saturated carbocycles. The SMILES string of the molecule is Cc1ccc(C2CCCN2C(=O)NC(C)C)cc1C. The number of hydrogen-bond donors (Lipinski definition) is 1. The topological polar surface area (TPSA) is 32.3 Å². The number of urea groups is 1. The van der Waals surface area contributed by atoms with Gasteiger partial charge >= 0.3 is 6.03 Å². The molecule has 3 heteroatoms. The maximum Gasteiger partial charge on any atom is 0.318 e. The van der Waals surface area contributed by atoms with Crippen molar-refractivity contribution in [1.82, 2.24) is 10.2 Å². The number of nitrogens with one attached hydrogen (secondary N) is 1. The standard InChI is InChI=1S/C16H24N2O/c1-11(2)17-16(19)18-9-5-6-15(18)14-8-7-12(3)13(4)10-14/h7-8,10-11,15H,5-6,9H2,1-4H3,(H,17,19). The lowest BCUT2D eigenvalue weighted by molar-refractivity contribution is 0.190. The molecule has 1 aromatic rings. The molecule has 1 aliphatic rings. The number of hydrogen-bond acceptors (Lipinski definition) is 1. The van der Waals surface area contributed by atoms with Gasteiger partial charge in [-0.05, 0) is 57.2 Å². The van der Waals surface area contributed by atoms with Gasteiger partial charge in [0.15, 0.2) is 0 Å². The molecule has 1 heterocycles. The smallest absolute Gasteiger partial charge is 0.318 e. The summed E-state index contributed by atoms with van der Waals surface area (Å²) < 4.78 is 0. The van der Waals surface area contributed by atoms with Crippen molar-refractivity contribution >= 4 is 6.03 Å². The Morgan fingerprint density at radius 1 is 1.32 bits per heavy atom. The van der Waals surface area contributed by atoms with Crippen molar-refractivity contribution in [3.05, 3.63) is 34.9 Å². The van der Waals surface area contributed by atoms with Crippen LogP contribution < -0.4 is 5.32 Å². The fraction of sp³-hybridized carbons (Fsp3) is 0.562. The third-order valence-corrected chi connectivity index (χ3v) is 3.84. The highest BCUT2D eigenvalue weighted by Gasteiger charge is 2.30. The molecular weight excluding hydrogens is 236 g/mol. The van der Waals surface area contributed by atoms with Crippen LogP contribution in [0.5, 0.6) is 0 Å². The molecule has 2 amide bonds. The Balaban J connectivity index is 2.18. The Labute approximate surface area is 116 Å². The highest BCUT2D eigenvalue weighted by atomic mass is 16.2. The number of benzene rings is 1. The molecule has 1 atom stereocenters. The van der Waals surface area contributed by atoms with E-state index in [-0.39, 0.29) is 18.1 Å². The summed E-state index contributed by atoms with van der Waals surface area (Å²) in [4.78, 5) is 14.2. The molecule has 0 aromatic heterocycles. The average Bonchev–Trinajstić information content (AvgIpc) is 2.81. The van der Waals surface area contributed by atoms with Gasteiger partial charge in [0, 0.05) is 12.6 Å². The van der Waals surface area contributed by atoms with Crippen molar-refractivity contribution in [2.24, 2.45) is 0 Å². The van der Waals surface area contributed by atoms with Gasteiger partial charge in [0.25, 0.3) is 0 Å². The van der Waals surface area contributed by atoms with Gasteiger partial charge in [-0.1, -0.05) is 18.2 Å². The minimum atomic E-state index is 0.0655. The van der Waals surface area contributed by atoms with Crippen LogP contribution in [-0.2, 0) is 0 Å². The van der Waals surface area contributed by atoms with Crippen LogP contribution in [0.1, 0.15) is 49.4 Å². The molecule has 1 aliphatic heterocycles. The molecule has 1 unspecified atom stereocenters. The van der Waals surface area contributed by atoms with E-state index in [1.54, 1.807) is 0 Å². The molecule has 104 valence electrons. The van der Waals surface area contributed by atoms with E-state index in [1.165, 1.54) is 16.7 Å². The van der Waals surface area contributed by atoms with Gasteiger partial charge in [0.1, 0.15) is 0 Å². The van der Waals surface area contributed by atoms with E-state index in [0.29, 0.717) is 0 Å². The van der Waals surface area contributed by atoms with Crippen LogP contribution in [0, 0.1) is 13.8 Å². The van der Waals surface area contributed by atoms with Crippen LogP contribution in [-0.4, -0.2) is 23.5 Å². The zero-order chi connectivity index (χ0) is 14.0. The first-order valence-electron chi connectivity index (χ1n) is 7.13. The number of likely N-dealkylation sites (tertiary alicyclic amines) is 1. The zero-order valence-electron chi connectivity index (χ0n) is 12.4. The van der Waals surface area contributed by atoms with E-state index >= 15 is 0 Å². The van der Waals surface area contributed by atoms with E-state index in [0.717, 1.165) is 19.4 Å². The van der Waals surface area contributed by atoms with Crippen molar-refractivity contribution < 1.29 is 4.79 Å². The van der Waals surface area contributed by atoms with Gasteiger partial charge < -0.3 is 10.2 Å². The molecule has 2 rings (SSSR count). The fourth-order valence-corrected chi connectivity index (χ4v) is 2.66. The van der Waals surface area contributed by atoms with Crippen molar-refractivity contribution in [3.63, 3.8) is 0 Å². The number of carbonyl (C=O) groups is 1. The van der Waals surface area contributed by atoms with Crippen molar-refractivity contribution in [2.45, 2.75) is 52.6 Å². The quantitative estimate of drug-likeness (QED) is 0.866. The van der Waals surface area contributed by atoms with Crippen LogP contribution in [0.2, 0.25) is 0 Å². The first-order valence-corrected chi connectivity index (χ1v) is 7.13. The summed E-state index contributed by atoms with van der Waals surface area (Å²) in [6, 6.07) is 7.03. The second kappa shape index (κ2) is 5.64. The highest BCUT2D eigenvalue weighted by Crippen LogP contribution is 2.32. The number of carbonyl (C=O) groups excluding carboxylic acids is 1. The Morgan fingerprint density at radius 2 is 2.05 bits per heavy atom. The third kappa shape index (κ3) is 3.09. The number of amides is 2. The zero-order valence-corrected chi connectivity index (χ0v) is 12.4. The molecule has 0 bridgehead atoms. The van der Waals surface area contributed by atoms with E-state index < -0.39 is 0 Å². The fourth-order valence-electron chi connectivity index (χ4n) is 2.66. The maximum absolute atomic E-state index is 12.2. The molecule has 3 nitrogen and oxygen atoms in total. The second-order valence-electron chi connectivity index (χ2n) is 5.80. The summed E-state index contributed by atoms with van der Waals surface area (Å²) in [5, 5.41) is 3.00. The average molecular weight is 260 g/mol. The highest BCUT2D eigenvalue weighted by molar-refractivity contribution is 5.75. The van der Waals surface area contributed by atoms with Gasteiger partial charge in [-0.2, -0.15) is 0 Å². The molecule has 1 fully saturated rings. The summed E-state index contributed by atoms with van der Waals surface area (Å²) in [5.41, 5.74) is 3.87. The van der Waals surface area contributed by atoms with Gasteiger partial charge in [0.2, 0.25) is 0 Å². The Morgan fingerprint density at radius 3 is 2.68 bits per heavy atom. The summed E-state index contributed by atoms with van der Waals surface area (Å²) in [6.45, 7) is 9.11. The van der Waals surface area contributed by atoms with E-state index in [1.807, 2.05) is 18.7 Å². The van der Waals surface area contributed by atoms with Crippen LogP contribution >= 0.6 is 0 Å². The van der Waals surface area contributed by atoms with Crippen LogP contribution in [0.15, 0.2) is 18.2 Å². The molecule has 0 spiro atoms. The second-order valence-corrected chi connectivity index (χ2v) is 5.80. The Kier molecular flexibility index (Phi) is 4.13. The van der Waals surface area contributed by atoms with Gasteiger partial charge in [-0.25, -0.2) is 4.79 Å². The lowest BCUT2D eigenvalue weighted by Crippen LogP contribution is -2.42. The largest absolute Gasteiger partial charge is 0.336 e. The number of rotatable bonds is 2. The Bertz CT molecular complexity index is 468. The van der Waals surface area contributed by atoms with E-state index in [4.69, 9.17) is 0 Å². The van der Waals surface area contributed by atoms with Gasteiger partial charge in [-0.3, -0.25) is 0 Å². The Hall–Kier alpha value is -1.51. The number of nitrogens with zero attached hydrogens (tertiary/aromatic N) is 1. The molecular formula is C16H24N2O. The minimum absolute atomic E-state index is 0.0655. The molecule has 1 aromatic carbocycles. The molecule has 1 saturated heterocycles. The normalized spacial score (nSPS) is 19.0. The summed E-state index contributed by atoms with van der Waals surface area (Å²) >= 11 is 0. The predicted octanol–water partition coefficient (Wildman–Crippen LogP) is 3.56. The molecule has 0 aliphatic carbocycles. The third-order valence-electron chi connectivity index (χ3n) is 3.84. The maximum atomic E-state index is 12.2. The molecule has 19 heavy (non-hydrogen) atoms. The molecule has 1 N–H and O–H groups in total. The van der Waals surface area contributed by atoms with Crippen LogP contribution in [0.25, 0.3) is 0 Å². The van der Waals surface area contributed by atoms with Crippen LogP contribution in [0.3, 0.4) is 0 Å². The van der Waals surface area contributed by atoms with Crippen LogP contribution in [0.4, 0.5) is 4.79 Å². The summed E-state index contributed by atoms with van der Waals surface area (Å²) in [7, 11) is 0. The number of aryl methyl sites for hydroxylation is 2. The van der Waals surface area contributed by atoms with Gasteiger partial charge in [-0.15, -0.1) is 0 Å². The van der Waals surface area contributed by atoms with Crippen molar-refractivity contribution in [1.29, 1.82) is 0 Å². The lowest BCUT2D eigenvalue weighted by Gasteiger charge is -2.26. The van der Waals surface area contributed by atoms with Gasteiger partial charge in [0.05, 0.1) is 6.04 Å². The van der Waals surface area contributed by atoms with E-state index in [2.05, 4.69) is 37.4 Å². The van der Waals surface area contributed by atoms with Crippen molar-refractivity contribution in [2.75, 3.05) is 6.54 Å². The first-order chi connectivity index (χ1) is 8.99. The lowest BCUT2D eigenvalue weighted by atomic mass is 9.99. The van der Waals surface area contributed by atoms with E-state index in [9.17, 15) is 4.79 Å². The monoisotopic (exact) mass is 260 g/mol. The minimum Gasteiger partial charge on any atom is -0.336 e. The predicted molar refractivity (Wildman–Crippen MR) is 78.3 cm³/mol.